The molecule has 1 aromatic rings. The van der Waals surface area contributed by atoms with E-state index in [1.165, 1.54) is 4.90 Å². The summed E-state index contributed by atoms with van der Waals surface area (Å²) in [6.07, 6.45) is 5.56. The topological polar surface area (TPSA) is 97.8 Å². The minimum absolute atomic E-state index is 0.241. The number of nitrogens with one attached hydrogen (secondary N) is 1. The molecule has 168 valence electrons. The molecule has 0 radical (unpaired) electrons. The molecule has 3 atom stereocenters. The van der Waals surface area contributed by atoms with Crippen molar-refractivity contribution in [3.05, 3.63) is 35.7 Å². The van der Waals surface area contributed by atoms with E-state index in [2.05, 4.69) is 10.3 Å². The van der Waals surface area contributed by atoms with Crippen molar-refractivity contribution in [2.45, 2.75) is 64.8 Å². The van der Waals surface area contributed by atoms with Crippen LogP contribution in [-0.4, -0.2) is 59.5 Å². The predicted octanol–water partition coefficient (Wildman–Crippen LogP) is 2.71. The Balaban J connectivity index is 1.83. The highest BCUT2D eigenvalue weighted by atomic mass is 16.5. The molecule has 4 bridgehead atoms. The molecule has 0 aliphatic carbocycles. The van der Waals surface area contributed by atoms with E-state index in [4.69, 9.17) is 9.47 Å². The zero-order valence-corrected chi connectivity index (χ0v) is 18.4. The number of aldehydes is 1. The Morgan fingerprint density at radius 3 is 2.81 bits per heavy atom. The standard InChI is InChI=1S/C23H31N3O5/c1-23(2,3)20-21(28)26-13-19(12-18(26)14-27)31-15-17-10-7-9-16(24-17)8-5-4-6-11-30-22(29)25-20/h5,7-10,14,18-20H,4,6,11-13,15H2,1-3H3,(H,25,29)/b8-5+/t18-,19+,20+/m0/s1. The van der Waals surface area contributed by atoms with E-state index in [1.54, 1.807) is 0 Å². The molecule has 2 aliphatic rings. The summed E-state index contributed by atoms with van der Waals surface area (Å²) in [7, 11) is 0. The first-order valence-electron chi connectivity index (χ1n) is 10.7. The fourth-order valence-electron chi connectivity index (χ4n) is 3.75. The van der Waals surface area contributed by atoms with E-state index < -0.39 is 23.6 Å². The molecule has 8 heteroatoms. The molecule has 31 heavy (non-hydrogen) atoms. The van der Waals surface area contributed by atoms with Gasteiger partial charge in [0.1, 0.15) is 12.3 Å². The molecule has 0 spiro atoms. The van der Waals surface area contributed by atoms with Gasteiger partial charge in [0.15, 0.2) is 0 Å². The zero-order chi connectivity index (χ0) is 22.4. The lowest BCUT2D eigenvalue weighted by Gasteiger charge is -2.34. The van der Waals surface area contributed by atoms with Crippen LogP contribution in [-0.2, 0) is 25.7 Å². The lowest BCUT2D eigenvalue weighted by molar-refractivity contribution is -0.139. The van der Waals surface area contributed by atoms with Crippen LogP contribution >= 0.6 is 0 Å². The largest absolute Gasteiger partial charge is 0.450 e. The van der Waals surface area contributed by atoms with E-state index in [-0.39, 0.29) is 25.2 Å². The first-order valence-corrected chi connectivity index (χ1v) is 10.7. The minimum atomic E-state index is -0.821. The maximum atomic E-state index is 13.3. The number of aromatic nitrogens is 1. The zero-order valence-electron chi connectivity index (χ0n) is 18.4. The fraction of sp³-hybridized carbons (Fsp3) is 0.565. The first kappa shape index (κ1) is 22.9. The Labute approximate surface area is 183 Å². The second-order valence-electron chi connectivity index (χ2n) is 9.04. The van der Waals surface area contributed by atoms with Crippen molar-refractivity contribution >= 4 is 24.4 Å². The first-order chi connectivity index (χ1) is 14.8. The van der Waals surface area contributed by atoms with Crippen LogP contribution in [0, 0.1) is 5.41 Å². The van der Waals surface area contributed by atoms with Gasteiger partial charge in [-0.2, -0.15) is 0 Å². The van der Waals surface area contributed by atoms with E-state index in [9.17, 15) is 14.4 Å². The van der Waals surface area contributed by atoms with Gasteiger partial charge in [-0.05, 0) is 36.5 Å². The third-order valence-corrected chi connectivity index (χ3v) is 5.45. The smallest absolute Gasteiger partial charge is 0.407 e. The van der Waals surface area contributed by atoms with Gasteiger partial charge < -0.3 is 24.5 Å². The molecule has 0 aromatic carbocycles. The summed E-state index contributed by atoms with van der Waals surface area (Å²) in [5.74, 6) is -0.308. The average molecular weight is 430 g/mol. The Bertz CT molecular complexity index is 833. The quantitative estimate of drug-likeness (QED) is 0.690. The van der Waals surface area contributed by atoms with Crippen LogP contribution in [0.1, 0.15) is 51.4 Å². The van der Waals surface area contributed by atoms with Gasteiger partial charge in [-0.25, -0.2) is 4.79 Å². The van der Waals surface area contributed by atoms with Crippen LogP contribution in [0.2, 0.25) is 0 Å². The molecule has 0 saturated carbocycles. The number of rotatable bonds is 1. The summed E-state index contributed by atoms with van der Waals surface area (Å²) >= 11 is 0. The van der Waals surface area contributed by atoms with Gasteiger partial charge in [-0.15, -0.1) is 0 Å². The van der Waals surface area contributed by atoms with Crippen molar-refractivity contribution in [1.29, 1.82) is 0 Å². The van der Waals surface area contributed by atoms with Crippen LogP contribution in [0.3, 0.4) is 0 Å². The molecule has 0 unspecified atom stereocenters. The van der Waals surface area contributed by atoms with Gasteiger partial charge >= 0.3 is 6.09 Å². The highest BCUT2D eigenvalue weighted by Gasteiger charge is 2.42. The number of hydrogen-bond acceptors (Lipinski definition) is 6. The second kappa shape index (κ2) is 10.0. The molecule has 1 N–H and O–H groups in total. The van der Waals surface area contributed by atoms with Crippen LogP contribution < -0.4 is 5.32 Å². The summed E-state index contributed by atoms with van der Waals surface area (Å²) in [6, 6.07) is 4.31. The lowest BCUT2D eigenvalue weighted by atomic mass is 9.85. The van der Waals surface area contributed by atoms with Crippen molar-refractivity contribution in [2.75, 3.05) is 13.2 Å². The number of amides is 2. The Morgan fingerprint density at radius 1 is 1.26 bits per heavy atom. The number of fused-ring (bicyclic) bond motifs is 4. The van der Waals surface area contributed by atoms with Gasteiger partial charge in [0.05, 0.1) is 36.7 Å². The fourth-order valence-corrected chi connectivity index (χ4v) is 3.75. The van der Waals surface area contributed by atoms with E-state index in [0.717, 1.165) is 24.1 Å². The SMILES string of the molecule is CC(C)(C)[C@@H]1NC(=O)OCCC/C=C/c2cccc(n2)CO[C@@H]2C[C@@H](C=O)N(C2)C1=O. The number of ether oxygens (including phenoxy) is 2. The number of pyridine rings is 1. The van der Waals surface area contributed by atoms with Gasteiger partial charge in [0, 0.05) is 13.0 Å². The summed E-state index contributed by atoms with van der Waals surface area (Å²) in [6.45, 7) is 6.42. The van der Waals surface area contributed by atoms with E-state index in [0.29, 0.717) is 19.4 Å². The van der Waals surface area contributed by atoms with Crippen LogP contribution in [0.15, 0.2) is 24.3 Å². The molecule has 1 saturated heterocycles. The molecule has 3 rings (SSSR count). The van der Waals surface area contributed by atoms with Crippen LogP contribution in [0.4, 0.5) is 4.79 Å². The number of carbonyl (C=O) groups is 3. The molecular weight excluding hydrogens is 398 g/mol. The van der Waals surface area contributed by atoms with E-state index >= 15 is 0 Å². The molecule has 8 nitrogen and oxygen atoms in total. The number of alkyl carbamates (subject to hydrolysis) is 1. The monoisotopic (exact) mass is 429 g/mol. The number of nitrogens with zero attached hydrogens (tertiary/aromatic N) is 2. The molecule has 1 aromatic heterocycles. The predicted molar refractivity (Wildman–Crippen MR) is 115 cm³/mol. The average Bonchev–Trinajstić information content (AvgIpc) is 3.15. The highest BCUT2D eigenvalue weighted by molar-refractivity contribution is 5.88. The van der Waals surface area contributed by atoms with Crippen molar-refractivity contribution in [3.8, 4) is 0 Å². The third-order valence-electron chi connectivity index (χ3n) is 5.45. The number of carbonyl (C=O) groups excluding carboxylic acids is 3. The number of cyclic esters (lactones) is 1. The lowest BCUT2D eigenvalue weighted by Crippen LogP contribution is -2.56. The van der Waals surface area contributed by atoms with Crippen LogP contribution in [0.5, 0.6) is 0 Å². The summed E-state index contributed by atoms with van der Waals surface area (Å²) in [5.41, 5.74) is 1.05. The second-order valence-corrected chi connectivity index (χ2v) is 9.04. The third kappa shape index (κ3) is 6.13. The minimum Gasteiger partial charge on any atom is -0.450 e. The summed E-state index contributed by atoms with van der Waals surface area (Å²) in [4.78, 5) is 43.4. The van der Waals surface area contributed by atoms with Gasteiger partial charge in [0.2, 0.25) is 5.91 Å². The molecule has 3 heterocycles. The summed E-state index contributed by atoms with van der Waals surface area (Å²) in [5, 5.41) is 2.71. The van der Waals surface area contributed by atoms with Gasteiger partial charge in [-0.1, -0.05) is 32.9 Å². The van der Waals surface area contributed by atoms with Crippen molar-refractivity contribution in [2.24, 2.45) is 5.41 Å². The Kier molecular flexibility index (Phi) is 7.43. The Morgan fingerprint density at radius 2 is 2.06 bits per heavy atom. The molecule has 2 aliphatic heterocycles. The maximum absolute atomic E-state index is 13.3. The van der Waals surface area contributed by atoms with Gasteiger partial charge in [-0.3, -0.25) is 9.78 Å². The number of hydrogen-bond donors (Lipinski definition) is 1. The summed E-state index contributed by atoms with van der Waals surface area (Å²) < 4.78 is 11.3. The maximum Gasteiger partial charge on any atom is 0.407 e. The van der Waals surface area contributed by atoms with Crippen molar-refractivity contribution < 1.29 is 23.9 Å². The molecule has 2 amide bonds. The molecule has 1 fully saturated rings. The normalized spacial score (nSPS) is 26.9. The highest BCUT2D eigenvalue weighted by Crippen LogP contribution is 2.27. The van der Waals surface area contributed by atoms with Crippen molar-refractivity contribution in [1.82, 2.24) is 15.2 Å². The number of allylic oxidation sites excluding steroid dienone is 1. The Hall–Kier alpha value is -2.74. The molecular formula is C23H31N3O5. The van der Waals surface area contributed by atoms with Gasteiger partial charge in [0.25, 0.3) is 0 Å². The van der Waals surface area contributed by atoms with Crippen LogP contribution in [0.25, 0.3) is 6.08 Å². The van der Waals surface area contributed by atoms with Crippen molar-refractivity contribution in [3.63, 3.8) is 0 Å². The van der Waals surface area contributed by atoms with E-state index in [1.807, 2.05) is 51.1 Å².